The first-order valence-electron chi connectivity index (χ1n) is 7.95. The molecule has 0 fully saturated rings. The van der Waals surface area contributed by atoms with E-state index in [1.807, 2.05) is 19.9 Å². The van der Waals surface area contributed by atoms with Crippen molar-refractivity contribution < 1.29 is 14.3 Å². The molecule has 0 saturated carbocycles. The van der Waals surface area contributed by atoms with Gasteiger partial charge in [0.05, 0.1) is 17.7 Å². The number of carbonyl (C=O) groups is 2. The van der Waals surface area contributed by atoms with Crippen LogP contribution in [0.4, 0.5) is 11.8 Å². The molecule has 0 aliphatic rings. The maximum atomic E-state index is 11.5. The lowest BCUT2D eigenvalue weighted by atomic mass is 10.1. The predicted molar refractivity (Wildman–Crippen MR) is 99.6 cm³/mol. The number of hydrogen-bond acceptors (Lipinski definition) is 7. The standard InChI is InChI=1S/C17H21N5O3S/c1-9(2)15-12(6-7-14(21-15)25-5)26-13-8-18-17(20-11(4)24)22-16(13)19-10(3)23/h6-9H,1-5H3,(H2,18,19,20,22,23,24). The van der Waals surface area contributed by atoms with Crippen LogP contribution in [0.1, 0.15) is 39.3 Å². The van der Waals surface area contributed by atoms with Gasteiger partial charge in [-0.3, -0.25) is 14.9 Å². The highest BCUT2D eigenvalue weighted by Gasteiger charge is 2.16. The maximum Gasteiger partial charge on any atom is 0.231 e. The van der Waals surface area contributed by atoms with Crippen LogP contribution in [0.15, 0.2) is 28.1 Å². The molecule has 2 aromatic rings. The number of nitrogens with one attached hydrogen (secondary N) is 2. The Hall–Kier alpha value is -2.68. The third kappa shape index (κ3) is 5.16. The fourth-order valence-corrected chi connectivity index (χ4v) is 3.15. The third-order valence-corrected chi connectivity index (χ3v) is 4.26. The summed E-state index contributed by atoms with van der Waals surface area (Å²) in [5.74, 6) is 0.611. The molecule has 8 nitrogen and oxygen atoms in total. The van der Waals surface area contributed by atoms with E-state index in [0.29, 0.717) is 16.6 Å². The summed E-state index contributed by atoms with van der Waals surface area (Å²) in [7, 11) is 1.57. The number of carbonyl (C=O) groups excluding carboxylic acids is 2. The minimum atomic E-state index is -0.291. The van der Waals surface area contributed by atoms with Crippen LogP contribution in [0, 0.1) is 0 Å². The van der Waals surface area contributed by atoms with E-state index < -0.39 is 0 Å². The first kappa shape index (κ1) is 19.6. The van der Waals surface area contributed by atoms with Crippen molar-refractivity contribution in [3.8, 4) is 5.88 Å². The molecule has 0 atom stereocenters. The summed E-state index contributed by atoms with van der Waals surface area (Å²) < 4.78 is 5.20. The second-order valence-corrected chi connectivity index (χ2v) is 6.85. The summed E-state index contributed by atoms with van der Waals surface area (Å²) >= 11 is 1.39. The summed E-state index contributed by atoms with van der Waals surface area (Å²) in [5, 5.41) is 5.17. The minimum absolute atomic E-state index is 0.127. The van der Waals surface area contributed by atoms with E-state index in [0.717, 1.165) is 10.6 Å². The second-order valence-electron chi connectivity index (χ2n) is 5.76. The quantitative estimate of drug-likeness (QED) is 0.799. The van der Waals surface area contributed by atoms with Crippen LogP contribution < -0.4 is 15.4 Å². The third-order valence-electron chi connectivity index (χ3n) is 3.17. The lowest BCUT2D eigenvalue weighted by Gasteiger charge is -2.14. The predicted octanol–water partition coefficient (Wildman–Crippen LogP) is 3.07. The molecule has 138 valence electrons. The van der Waals surface area contributed by atoms with E-state index in [1.165, 1.54) is 25.6 Å². The Bertz CT molecular complexity index is 826. The fourth-order valence-electron chi connectivity index (χ4n) is 2.09. The average Bonchev–Trinajstić information content (AvgIpc) is 2.56. The van der Waals surface area contributed by atoms with Crippen LogP contribution in [0.25, 0.3) is 0 Å². The Morgan fingerprint density at radius 3 is 2.35 bits per heavy atom. The molecule has 0 spiro atoms. The molecule has 0 radical (unpaired) electrons. The van der Waals surface area contributed by atoms with Crippen molar-refractivity contribution in [2.75, 3.05) is 17.7 Å². The van der Waals surface area contributed by atoms with Crippen LogP contribution >= 0.6 is 11.8 Å². The molecule has 26 heavy (non-hydrogen) atoms. The summed E-state index contributed by atoms with van der Waals surface area (Å²) in [6, 6.07) is 3.68. The van der Waals surface area contributed by atoms with Gasteiger partial charge >= 0.3 is 0 Å². The van der Waals surface area contributed by atoms with E-state index in [9.17, 15) is 9.59 Å². The summed E-state index contributed by atoms with van der Waals surface area (Å²) in [6.07, 6.45) is 1.56. The molecule has 2 rings (SSSR count). The van der Waals surface area contributed by atoms with Gasteiger partial charge in [0.15, 0.2) is 5.82 Å². The first-order chi connectivity index (χ1) is 12.3. The van der Waals surface area contributed by atoms with Crippen LogP contribution in [0.2, 0.25) is 0 Å². The largest absolute Gasteiger partial charge is 0.481 e. The van der Waals surface area contributed by atoms with E-state index in [-0.39, 0.29) is 23.7 Å². The Morgan fingerprint density at radius 1 is 1.08 bits per heavy atom. The molecule has 9 heteroatoms. The Morgan fingerprint density at radius 2 is 1.77 bits per heavy atom. The average molecular weight is 375 g/mol. The zero-order valence-corrected chi connectivity index (χ0v) is 16.1. The summed E-state index contributed by atoms with van der Waals surface area (Å²) in [4.78, 5) is 37.1. The van der Waals surface area contributed by atoms with Crippen LogP contribution in [-0.2, 0) is 9.59 Å². The van der Waals surface area contributed by atoms with Crippen molar-refractivity contribution in [1.82, 2.24) is 15.0 Å². The first-order valence-corrected chi connectivity index (χ1v) is 8.76. The van der Waals surface area contributed by atoms with Crippen LogP contribution in [0.3, 0.4) is 0 Å². The molecule has 2 N–H and O–H groups in total. The molecule has 0 unspecified atom stereocenters. The van der Waals surface area contributed by atoms with Gasteiger partial charge in [-0.05, 0) is 12.0 Å². The van der Waals surface area contributed by atoms with Crippen LogP contribution in [-0.4, -0.2) is 33.9 Å². The normalized spacial score (nSPS) is 10.5. The van der Waals surface area contributed by atoms with E-state index in [4.69, 9.17) is 4.74 Å². The molecule has 2 heterocycles. The van der Waals surface area contributed by atoms with Crippen molar-refractivity contribution in [1.29, 1.82) is 0 Å². The van der Waals surface area contributed by atoms with Crippen molar-refractivity contribution in [3.63, 3.8) is 0 Å². The van der Waals surface area contributed by atoms with Gasteiger partial charge in [-0.1, -0.05) is 25.6 Å². The Balaban J connectivity index is 2.41. The van der Waals surface area contributed by atoms with Gasteiger partial charge in [-0.15, -0.1) is 0 Å². The zero-order valence-electron chi connectivity index (χ0n) is 15.3. The number of amides is 2. The van der Waals surface area contributed by atoms with Crippen molar-refractivity contribution >= 4 is 35.3 Å². The highest BCUT2D eigenvalue weighted by Crippen LogP contribution is 2.37. The molecule has 2 aromatic heterocycles. The number of ether oxygens (including phenoxy) is 1. The van der Waals surface area contributed by atoms with Gasteiger partial charge < -0.3 is 10.1 Å². The Kier molecular flexibility index (Phi) is 6.51. The van der Waals surface area contributed by atoms with Gasteiger partial charge in [-0.2, -0.15) is 4.98 Å². The number of rotatable bonds is 6. The van der Waals surface area contributed by atoms with Gasteiger partial charge in [0, 0.05) is 31.0 Å². The topological polar surface area (TPSA) is 106 Å². The van der Waals surface area contributed by atoms with Gasteiger partial charge in [0.2, 0.25) is 23.6 Å². The van der Waals surface area contributed by atoms with Crippen molar-refractivity contribution in [2.24, 2.45) is 0 Å². The van der Waals surface area contributed by atoms with Gasteiger partial charge in [0.1, 0.15) is 0 Å². The highest BCUT2D eigenvalue weighted by atomic mass is 32.2. The molecule has 0 aromatic carbocycles. The van der Waals surface area contributed by atoms with E-state index in [1.54, 1.807) is 19.4 Å². The molecule has 2 amide bonds. The summed E-state index contributed by atoms with van der Waals surface area (Å²) in [5.41, 5.74) is 0.870. The zero-order chi connectivity index (χ0) is 19.3. The van der Waals surface area contributed by atoms with Crippen molar-refractivity contribution in [2.45, 2.75) is 43.4 Å². The van der Waals surface area contributed by atoms with Gasteiger partial charge in [0.25, 0.3) is 0 Å². The minimum Gasteiger partial charge on any atom is -0.481 e. The number of nitrogens with zero attached hydrogens (tertiary/aromatic N) is 3. The Labute approximate surface area is 156 Å². The molecule has 0 aliphatic heterocycles. The lowest BCUT2D eigenvalue weighted by Crippen LogP contribution is -2.13. The van der Waals surface area contributed by atoms with Crippen molar-refractivity contribution in [3.05, 3.63) is 24.0 Å². The monoisotopic (exact) mass is 375 g/mol. The molecule has 0 bridgehead atoms. The molecule has 0 aliphatic carbocycles. The number of aromatic nitrogens is 3. The van der Waals surface area contributed by atoms with E-state index in [2.05, 4.69) is 25.6 Å². The summed E-state index contributed by atoms with van der Waals surface area (Å²) in [6.45, 7) is 6.83. The molecule has 0 saturated heterocycles. The van der Waals surface area contributed by atoms with Crippen LogP contribution in [0.5, 0.6) is 5.88 Å². The number of hydrogen-bond donors (Lipinski definition) is 2. The maximum absolute atomic E-state index is 11.5. The van der Waals surface area contributed by atoms with Gasteiger partial charge in [-0.25, -0.2) is 9.97 Å². The molecular weight excluding hydrogens is 354 g/mol. The lowest BCUT2D eigenvalue weighted by molar-refractivity contribution is -0.115. The SMILES string of the molecule is COc1ccc(Sc2cnc(NC(C)=O)nc2NC(C)=O)c(C(C)C)n1. The number of anilines is 2. The second kappa shape index (κ2) is 8.61. The highest BCUT2D eigenvalue weighted by molar-refractivity contribution is 7.99. The fraction of sp³-hybridized carbons (Fsp3) is 0.353. The van der Waals surface area contributed by atoms with E-state index >= 15 is 0 Å². The smallest absolute Gasteiger partial charge is 0.231 e. The molecular formula is C17H21N5O3S. The number of methoxy groups -OCH3 is 1. The number of pyridine rings is 1.